The molecule has 1 saturated heterocycles. The number of fused-ring (bicyclic) bond motifs is 1. The van der Waals surface area contributed by atoms with Crippen LogP contribution in [-0.4, -0.2) is 18.2 Å². The van der Waals surface area contributed by atoms with Crippen LogP contribution in [0.3, 0.4) is 0 Å². The standard InChI is InChI=1S/C15H16O3/c16-15-14(10-11-6-2-1-3-7-11)17-12-8-4-5-9-13(12)18-15/h1-3,6-7,10,12-13H,4-5,8-9H2/b14-10+. The average Bonchev–Trinajstić information content (AvgIpc) is 2.41. The summed E-state index contributed by atoms with van der Waals surface area (Å²) in [6, 6.07) is 9.69. The number of carbonyl (C=O) groups excluding carboxylic acids is 1. The van der Waals surface area contributed by atoms with E-state index < -0.39 is 0 Å². The average molecular weight is 244 g/mol. The summed E-state index contributed by atoms with van der Waals surface area (Å²) in [5, 5.41) is 0. The number of carbonyl (C=O) groups is 1. The van der Waals surface area contributed by atoms with E-state index in [-0.39, 0.29) is 18.2 Å². The second-order valence-corrected chi connectivity index (χ2v) is 4.80. The highest BCUT2D eigenvalue weighted by atomic mass is 16.6. The first-order valence-electron chi connectivity index (χ1n) is 6.47. The fourth-order valence-electron chi connectivity index (χ4n) is 2.53. The van der Waals surface area contributed by atoms with Gasteiger partial charge in [0.2, 0.25) is 5.76 Å². The van der Waals surface area contributed by atoms with E-state index in [2.05, 4.69) is 0 Å². The predicted octanol–water partition coefficient (Wildman–Crippen LogP) is 2.91. The third-order valence-electron chi connectivity index (χ3n) is 3.48. The van der Waals surface area contributed by atoms with Crippen LogP contribution in [0.5, 0.6) is 0 Å². The molecule has 1 aromatic rings. The Morgan fingerprint density at radius 2 is 1.67 bits per heavy atom. The van der Waals surface area contributed by atoms with Crippen molar-refractivity contribution in [1.82, 2.24) is 0 Å². The molecule has 2 atom stereocenters. The number of hydrogen-bond donors (Lipinski definition) is 0. The van der Waals surface area contributed by atoms with Crippen molar-refractivity contribution in [3.05, 3.63) is 41.7 Å². The monoisotopic (exact) mass is 244 g/mol. The fraction of sp³-hybridized carbons (Fsp3) is 0.400. The zero-order valence-corrected chi connectivity index (χ0v) is 10.2. The fourth-order valence-corrected chi connectivity index (χ4v) is 2.53. The highest BCUT2D eigenvalue weighted by Crippen LogP contribution is 2.30. The van der Waals surface area contributed by atoms with Crippen molar-refractivity contribution in [2.75, 3.05) is 0 Å². The summed E-state index contributed by atoms with van der Waals surface area (Å²) in [6.45, 7) is 0. The van der Waals surface area contributed by atoms with Gasteiger partial charge in [-0.25, -0.2) is 4.79 Å². The lowest BCUT2D eigenvalue weighted by molar-refractivity contribution is -0.173. The van der Waals surface area contributed by atoms with Crippen LogP contribution in [0.15, 0.2) is 36.1 Å². The van der Waals surface area contributed by atoms with E-state index in [0.717, 1.165) is 31.2 Å². The third kappa shape index (κ3) is 2.26. The summed E-state index contributed by atoms with van der Waals surface area (Å²) in [5.74, 6) is 0.00588. The van der Waals surface area contributed by atoms with E-state index >= 15 is 0 Å². The third-order valence-corrected chi connectivity index (χ3v) is 3.48. The van der Waals surface area contributed by atoms with Gasteiger partial charge in [0.15, 0.2) is 0 Å². The van der Waals surface area contributed by atoms with Crippen LogP contribution in [0, 0.1) is 0 Å². The first-order chi connectivity index (χ1) is 8.83. The van der Waals surface area contributed by atoms with Crippen molar-refractivity contribution in [2.24, 2.45) is 0 Å². The summed E-state index contributed by atoms with van der Waals surface area (Å²) in [6.07, 6.45) is 5.93. The minimum Gasteiger partial charge on any atom is -0.479 e. The van der Waals surface area contributed by atoms with E-state index in [1.165, 1.54) is 0 Å². The quantitative estimate of drug-likeness (QED) is 0.563. The molecule has 2 aliphatic rings. The van der Waals surface area contributed by atoms with Crippen LogP contribution < -0.4 is 0 Å². The second-order valence-electron chi connectivity index (χ2n) is 4.80. The largest absolute Gasteiger partial charge is 0.479 e. The number of rotatable bonds is 1. The Labute approximate surface area is 106 Å². The minimum absolute atomic E-state index is 0.0424. The molecule has 0 radical (unpaired) electrons. The van der Waals surface area contributed by atoms with Crippen LogP contribution >= 0.6 is 0 Å². The topological polar surface area (TPSA) is 35.5 Å². The van der Waals surface area contributed by atoms with Crippen LogP contribution in [0.25, 0.3) is 6.08 Å². The van der Waals surface area contributed by atoms with Crippen LogP contribution in [0.4, 0.5) is 0 Å². The van der Waals surface area contributed by atoms with E-state index in [1.54, 1.807) is 6.08 Å². The Kier molecular flexibility index (Phi) is 3.05. The van der Waals surface area contributed by atoms with Gasteiger partial charge in [-0.15, -0.1) is 0 Å². The van der Waals surface area contributed by atoms with E-state index in [1.807, 2.05) is 30.3 Å². The Morgan fingerprint density at radius 1 is 1.00 bits per heavy atom. The summed E-state index contributed by atoms with van der Waals surface area (Å²) >= 11 is 0. The lowest BCUT2D eigenvalue weighted by Gasteiger charge is -2.35. The first kappa shape index (κ1) is 11.3. The lowest BCUT2D eigenvalue weighted by Crippen LogP contribution is -2.41. The number of ether oxygens (including phenoxy) is 2. The summed E-state index contributed by atoms with van der Waals surface area (Å²) in [4.78, 5) is 11.8. The molecule has 2 fully saturated rings. The van der Waals surface area contributed by atoms with Gasteiger partial charge in [0.1, 0.15) is 12.2 Å². The van der Waals surface area contributed by atoms with E-state index in [0.29, 0.717) is 5.76 Å². The molecule has 0 bridgehead atoms. The molecule has 1 heterocycles. The van der Waals surface area contributed by atoms with Gasteiger partial charge in [0.05, 0.1) is 0 Å². The number of hydrogen-bond acceptors (Lipinski definition) is 3. The predicted molar refractivity (Wildman–Crippen MR) is 67.6 cm³/mol. The smallest absolute Gasteiger partial charge is 0.374 e. The Bertz CT molecular complexity index is 464. The van der Waals surface area contributed by atoms with Gasteiger partial charge in [0, 0.05) is 0 Å². The Hall–Kier alpha value is -1.77. The number of benzene rings is 1. The second kappa shape index (κ2) is 4.84. The molecule has 2 unspecified atom stereocenters. The minimum atomic E-state index is -0.331. The summed E-state index contributed by atoms with van der Waals surface area (Å²) in [5.41, 5.74) is 0.957. The maximum absolute atomic E-state index is 11.8. The van der Waals surface area contributed by atoms with Crippen LogP contribution in [0.1, 0.15) is 31.2 Å². The number of esters is 1. The molecule has 3 nitrogen and oxygen atoms in total. The van der Waals surface area contributed by atoms with Crippen molar-refractivity contribution >= 4 is 12.0 Å². The van der Waals surface area contributed by atoms with E-state index in [9.17, 15) is 4.79 Å². The molecule has 3 heteroatoms. The maximum atomic E-state index is 11.8. The molecular formula is C15H16O3. The van der Waals surface area contributed by atoms with Crippen LogP contribution in [-0.2, 0) is 14.3 Å². The molecule has 1 saturated carbocycles. The molecular weight excluding hydrogens is 228 g/mol. The van der Waals surface area contributed by atoms with E-state index in [4.69, 9.17) is 9.47 Å². The molecule has 0 aromatic heterocycles. The molecule has 1 aliphatic heterocycles. The Morgan fingerprint density at radius 3 is 2.39 bits per heavy atom. The van der Waals surface area contributed by atoms with Crippen molar-refractivity contribution in [2.45, 2.75) is 37.9 Å². The van der Waals surface area contributed by atoms with Crippen LogP contribution in [0.2, 0.25) is 0 Å². The van der Waals surface area contributed by atoms with Gasteiger partial charge >= 0.3 is 5.97 Å². The van der Waals surface area contributed by atoms with Crippen molar-refractivity contribution in [1.29, 1.82) is 0 Å². The van der Waals surface area contributed by atoms with Gasteiger partial charge in [-0.05, 0) is 37.3 Å². The molecule has 18 heavy (non-hydrogen) atoms. The van der Waals surface area contributed by atoms with Gasteiger partial charge in [-0.2, -0.15) is 0 Å². The molecule has 1 aliphatic carbocycles. The molecule has 0 N–H and O–H groups in total. The van der Waals surface area contributed by atoms with Gasteiger partial charge < -0.3 is 9.47 Å². The molecule has 0 spiro atoms. The van der Waals surface area contributed by atoms with Gasteiger partial charge in [-0.1, -0.05) is 30.3 Å². The SMILES string of the molecule is O=C1OC2CCCCC2O/C1=C/c1ccccc1. The zero-order valence-electron chi connectivity index (χ0n) is 10.2. The first-order valence-corrected chi connectivity index (χ1v) is 6.47. The Balaban J connectivity index is 1.80. The highest BCUT2D eigenvalue weighted by Gasteiger charge is 2.37. The highest BCUT2D eigenvalue weighted by molar-refractivity contribution is 5.92. The van der Waals surface area contributed by atoms with Crippen molar-refractivity contribution < 1.29 is 14.3 Å². The molecule has 1 aromatic carbocycles. The van der Waals surface area contributed by atoms with Gasteiger partial charge in [-0.3, -0.25) is 0 Å². The maximum Gasteiger partial charge on any atom is 0.374 e. The summed E-state index contributed by atoms with van der Waals surface area (Å²) in [7, 11) is 0. The van der Waals surface area contributed by atoms with Gasteiger partial charge in [0.25, 0.3) is 0 Å². The summed E-state index contributed by atoms with van der Waals surface area (Å²) < 4.78 is 11.2. The van der Waals surface area contributed by atoms with Crippen molar-refractivity contribution in [3.63, 3.8) is 0 Å². The lowest BCUT2D eigenvalue weighted by atomic mass is 9.94. The molecule has 0 amide bonds. The van der Waals surface area contributed by atoms with Crippen molar-refractivity contribution in [3.8, 4) is 0 Å². The molecule has 94 valence electrons. The zero-order chi connectivity index (χ0) is 12.4. The molecule has 3 rings (SSSR count). The normalized spacial score (nSPS) is 29.3.